The van der Waals surface area contributed by atoms with Crippen molar-refractivity contribution in [2.45, 2.75) is 65.4 Å². The Labute approximate surface area is 141 Å². The highest BCUT2D eigenvalue weighted by atomic mass is 16.6. The molecule has 1 saturated carbocycles. The van der Waals surface area contributed by atoms with Gasteiger partial charge in [0.05, 0.1) is 0 Å². The number of nitrogens with one attached hydrogen (secondary N) is 1. The number of ether oxygens (including phenoxy) is 1. The van der Waals surface area contributed by atoms with Gasteiger partial charge in [0.1, 0.15) is 6.10 Å². The highest BCUT2D eigenvalue weighted by molar-refractivity contribution is 5.67. The predicted molar refractivity (Wildman–Crippen MR) is 95.2 cm³/mol. The fraction of sp³-hybridized carbons (Fsp3) is 0.750. The summed E-state index contributed by atoms with van der Waals surface area (Å²) in [4.78, 5) is 12.1. The number of carbonyl (C=O) groups excluding carboxylic acids is 1. The number of amides is 1. The van der Waals surface area contributed by atoms with E-state index in [-0.39, 0.29) is 12.2 Å². The molecule has 0 aromatic heterocycles. The summed E-state index contributed by atoms with van der Waals surface area (Å²) < 4.78 is 5.73. The molecule has 4 atom stereocenters. The van der Waals surface area contributed by atoms with Crippen LogP contribution in [0.5, 0.6) is 0 Å². The lowest BCUT2D eigenvalue weighted by molar-refractivity contribution is 0.00660. The molecule has 130 valence electrons. The molecule has 2 rings (SSSR count). The van der Waals surface area contributed by atoms with Gasteiger partial charge in [0.25, 0.3) is 0 Å². The molecule has 1 fully saturated rings. The van der Waals surface area contributed by atoms with Gasteiger partial charge in [-0.25, -0.2) is 4.79 Å². The zero-order valence-electron chi connectivity index (χ0n) is 15.0. The zero-order chi connectivity index (χ0) is 16.7. The first-order chi connectivity index (χ1) is 11.1. The second-order valence-electron chi connectivity index (χ2n) is 7.62. The lowest BCUT2D eigenvalue weighted by Crippen LogP contribution is -2.38. The maximum atomic E-state index is 12.1. The molecule has 1 N–H and O–H groups in total. The average Bonchev–Trinajstić information content (AvgIpc) is 2.52. The van der Waals surface area contributed by atoms with Crippen LogP contribution in [-0.4, -0.2) is 18.7 Å². The number of hydrogen-bond donors (Lipinski definition) is 1. The van der Waals surface area contributed by atoms with Crippen molar-refractivity contribution < 1.29 is 9.53 Å². The van der Waals surface area contributed by atoms with E-state index in [2.05, 4.69) is 50.4 Å². The molecule has 1 amide bonds. The van der Waals surface area contributed by atoms with E-state index in [1.165, 1.54) is 25.7 Å². The second kappa shape index (κ2) is 9.14. The topological polar surface area (TPSA) is 38.3 Å². The molecule has 23 heavy (non-hydrogen) atoms. The van der Waals surface area contributed by atoms with Crippen molar-refractivity contribution in [1.82, 2.24) is 5.32 Å². The monoisotopic (exact) mass is 319 g/mol. The molecule has 0 saturated heterocycles. The quantitative estimate of drug-likeness (QED) is 0.717. The Bertz CT molecular complexity index is 427. The molecule has 0 bridgehead atoms. The van der Waals surface area contributed by atoms with Crippen molar-refractivity contribution in [3.8, 4) is 0 Å². The number of rotatable bonds is 5. The van der Waals surface area contributed by atoms with E-state index in [0.717, 1.165) is 12.8 Å². The van der Waals surface area contributed by atoms with Gasteiger partial charge in [-0.2, -0.15) is 0 Å². The molecular formula is C20H33NO2. The lowest BCUT2D eigenvalue weighted by Gasteiger charge is -2.36. The smallest absolute Gasteiger partial charge is 0.407 e. The minimum Gasteiger partial charge on any atom is -0.446 e. The third kappa shape index (κ3) is 6.04. The highest BCUT2D eigenvalue weighted by Crippen LogP contribution is 2.35. The Balaban J connectivity index is 1.72. The molecule has 0 aliphatic heterocycles. The van der Waals surface area contributed by atoms with Gasteiger partial charge in [-0.05, 0) is 55.8 Å². The van der Waals surface area contributed by atoms with E-state index >= 15 is 0 Å². The molecule has 2 aliphatic carbocycles. The van der Waals surface area contributed by atoms with Crippen LogP contribution in [0, 0.1) is 23.7 Å². The largest absolute Gasteiger partial charge is 0.446 e. The fourth-order valence-electron chi connectivity index (χ4n) is 3.82. The number of carbonyl (C=O) groups is 1. The molecule has 0 radical (unpaired) electrons. The average molecular weight is 319 g/mol. The van der Waals surface area contributed by atoms with E-state index < -0.39 is 0 Å². The van der Waals surface area contributed by atoms with Crippen LogP contribution >= 0.6 is 0 Å². The Morgan fingerprint density at radius 2 is 2.13 bits per heavy atom. The summed E-state index contributed by atoms with van der Waals surface area (Å²) in [5.74, 6) is 2.35. The van der Waals surface area contributed by atoms with Crippen molar-refractivity contribution in [1.29, 1.82) is 0 Å². The van der Waals surface area contributed by atoms with Gasteiger partial charge in [0.15, 0.2) is 0 Å². The molecule has 0 spiro atoms. The molecule has 0 heterocycles. The molecular weight excluding hydrogens is 286 g/mol. The SMILES string of the molecule is CC1CCC(C(C)C)C(OC(=O)NCC=CC2CC=CCC2)C1. The number of allylic oxidation sites excluding steroid dienone is 3. The molecule has 3 heteroatoms. The Hall–Kier alpha value is -1.25. The fourth-order valence-corrected chi connectivity index (χ4v) is 3.82. The maximum Gasteiger partial charge on any atom is 0.407 e. The first-order valence-electron chi connectivity index (χ1n) is 9.32. The van der Waals surface area contributed by atoms with Gasteiger partial charge in [0, 0.05) is 6.54 Å². The molecule has 0 aromatic rings. The Morgan fingerprint density at radius 3 is 2.83 bits per heavy atom. The van der Waals surface area contributed by atoms with E-state index in [1.54, 1.807) is 0 Å². The van der Waals surface area contributed by atoms with Gasteiger partial charge < -0.3 is 10.1 Å². The Kier molecular flexibility index (Phi) is 7.19. The van der Waals surface area contributed by atoms with Crippen LogP contribution in [0.2, 0.25) is 0 Å². The van der Waals surface area contributed by atoms with Gasteiger partial charge >= 0.3 is 6.09 Å². The predicted octanol–water partition coefficient (Wildman–Crippen LogP) is 5.09. The number of hydrogen-bond acceptors (Lipinski definition) is 2. The van der Waals surface area contributed by atoms with Gasteiger partial charge in [-0.1, -0.05) is 51.5 Å². The van der Waals surface area contributed by atoms with Crippen molar-refractivity contribution in [3.63, 3.8) is 0 Å². The lowest BCUT2D eigenvalue weighted by atomic mass is 9.75. The first kappa shape index (κ1) is 18.1. The number of alkyl carbamates (subject to hydrolysis) is 1. The zero-order valence-corrected chi connectivity index (χ0v) is 15.0. The van der Waals surface area contributed by atoms with E-state index in [1.807, 2.05) is 0 Å². The van der Waals surface area contributed by atoms with Crippen LogP contribution in [-0.2, 0) is 4.74 Å². The molecule has 2 aliphatic rings. The summed E-state index contributed by atoms with van der Waals surface area (Å²) in [6.07, 6.45) is 15.5. The summed E-state index contributed by atoms with van der Waals surface area (Å²) in [7, 11) is 0. The third-order valence-corrected chi connectivity index (χ3v) is 5.30. The maximum absolute atomic E-state index is 12.1. The van der Waals surface area contributed by atoms with Crippen LogP contribution in [0.1, 0.15) is 59.3 Å². The van der Waals surface area contributed by atoms with Crippen LogP contribution in [0.25, 0.3) is 0 Å². The molecule has 4 unspecified atom stereocenters. The van der Waals surface area contributed by atoms with Crippen molar-refractivity contribution in [2.75, 3.05) is 6.54 Å². The molecule has 0 aromatic carbocycles. The standard InChI is InChI=1S/C20H33NO2/c1-15(2)18-12-11-16(3)14-19(18)23-20(22)21-13-7-10-17-8-5-4-6-9-17/h4-5,7,10,15-19H,6,8-9,11-14H2,1-3H3,(H,21,22). The summed E-state index contributed by atoms with van der Waals surface area (Å²) in [5, 5.41) is 2.88. The van der Waals surface area contributed by atoms with Gasteiger partial charge in [-0.3, -0.25) is 0 Å². The van der Waals surface area contributed by atoms with E-state index in [4.69, 9.17) is 4.74 Å². The third-order valence-electron chi connectivity index (χ3n) is 5.30. The normalized spacial score (nSPS) is 31.5. The Morgan fingerprint density at radius 1 is 1.30 bits per heavy atom. The summed E-state index contributed by atoms with van der Waals surface area (Å²) in [6, 6.07) is 0. The van der Waals surface area contributed by atoms with Crippen molar-refractivity contribution >= 4 is 6.09 Å². The minimum absolute atomic E-state index is 0.0752. The van der Waals surface area contributed by atoms with Crippen molar-refractivity contribution in [3.05, 3.63) is 24.3 Å². The van der Waals surface area contributed by atoms with Crippen molar-refractivity contribution in [2.24, 2.45) is 23.7 Å². The van der Waals surface area contributed by atoms with Crippen LogP contribution < -0.4 is 5.32 Å². The first-order valence-corrected chi connectivity index (χ1v) is 9.32. The second-order valence-corrected chi connectivity index (χ2v) is 7.62. The van der Waals surface area contributed by atoms with Gasteiger partial charge in [0.2, 0.25) is 0 Å². The summed E-state index contributed by atoms with van der Waals surface area (Å²) >= 11 is 0. The summed E-state index contributed by atoms with van der Waals surface area (Å²) in [5.41, 5.74) is 0. The van der Waals surface area contributed by atoms with Crippen LogP contribution in [0.3, 0.4) is 0 Å². The highest BCUT2D eigenvalue weighted by Gasteiger charge is 2.33. The van der Waals surface area contributed by atoms with Crippen LogP contribution in [0.4, 0.5) is 4.79 Å². The molecule has 3 nitrogen and oxygen atoms in total. The van der Waals surface area contributed by atoms with Crippen LogP contribution in [0.15, 0.2) is 24.3 Å². The van der Waals surface area contributed by atoms with Gasteiger partial charge in [-0.15, -0.1) is 0 Å². The van der Waals surface area contributed by atoms with E-state index in [0.29, 0.717) is 30.2 Å². The summed E-state index contributed by atoms with van der Waals surface area (Å²) in [6.45, 7) is 7.28. The minimum atomic E-state index is -0.261. The van der Waals surface area contributed by atoms with E-state index in [9.17, 15) is 4.79 Å².